The van der Waals surface area contributed by atoms with Crippen LogP contribution in [0.2, 0.25) is 0 Å². The van der Waals surface area contributed by atoms with E-state index < -0.39 is 18.3 Å². The fourth-order valence-electron chi connectivity index (χ4n) is 3.09. The molecule has 164 valence electrons. The van der Waals surface area contributed by atoms with Gasteiger partial charge in [-0.05, 0) is 48.0 Å². The van der Waals surface area contributed by atoms with E-state index in [0.29, 0.717) is 11.4 Å². The molecule has 10 heteroatoms. The summed E-state index contributed by atoms with van der Waals surface area (Å²) >= 11 is 0. The van der Waals surface area contributed by atoms with E-state index in [1.807, 2.05) is 0 Å². The van der Waals surface area contributed by atoms with E-state index in [1.165, 1.54) is 43.6 Å². The van der Waals surface area contributed by atoms with E-state index in [4.69, 9.17) is 9.47 Å². The molecule has 1 aliphatic rings. The van der Waals surface area contributed by atoms with Crippen LogP contribution in [0.15, 0.2) is 54.7 Å². The van der Waals surface area contributed by atoms with Crippen molar-refractivity contribution in [1.82, 2.24) is 10.3 Å². The van der Waals surface area contributed by atoms with E-state index in [0.717, 1.165) is 11.6 Å². The summed E-state index contributed by atoms with van der Waals surface area (Å²) in [6, 6.07) is 11.5. The molecule has 2 aromatic carbocycles. The minimum absolute atomic E-state index is 0.0617. The summed E-state index contributed by atoms with van der Waals surface area (Å²) in [5, 5.41) is 8.21. The monoisotopic (exact) mass is 440 g/mol. The molecule has 0 spiro atoms. The van der Waals surface area contributed by atoms with Gasteiger partial charge in [-0.3, -0.25) is 14.6 Å². The molecule has 1 atom stereocenters. The first kappa shape index (κ1) is 21.0. The molecule has 1 unspecified atom stereocenters. The summed E-state index contributed by atoms with van der Waals surface area (Å²) in [7, 11) is 1.51. The maximum Gasteiger partial charge on any atom is 0.397 e. The zero-order valence-electron chi connectivity index (χ0n) is 16.8. The lowest BCUT2D eigenvalue weighted by Crippen LogP contribution is -2.19. The van der Waals surface area contributed by atoms with Gasteiger partial charge in [0, 0.05) is 37.2 Å². The number of halogens is 2. The van der Waals surface area contributed by atoms with Gasteiger partial charge in [0.25, 0.3) is 11.8 Å². The predicted molar refractivity (Wildman–Crippen MR) is 112 cm³/mol. The SMILES string of the molecule is CNC(=O)c1cc(CNc2ccc(F)cc2C(=O)Nc2ccc3c(c2)OC(F)O3)ccn1. The Kier molecular flexibility index (Phi) is 5.84. The summed E-state index contributed by atoms with van der Waals surface area (Å²) < 4.78 is 36.7. The smallest absolute Gasteiger partial charge is 0.397 e. The number of anilines is 2. The highest BCUT2D eigenvalue weighted by Crippen LogP contribution is 2.37. The second-order valence-electron chi connectivity index (χ2n) is 6.80. The number of aromatic nitrogens is 1. The zero-order chi connectivity index (χ0) is 22.7. The van der Waals surface area contributed by atoms with Crippen LogP contribution in [-0.2, 0) is 6.54 Å². The maximum atomic E-state index is 13.9. The second kappa shape index (κ2) is 8.88. The van der Waals surface area contributed by atoms with Gasteiger partial charge < -0.3 is 25.4 Å². The van der Waals surface area contributed by atoms with Crippen molar-refractivity contribution in [3.8, 4) is 11.5 Å². The van der Waals surface area contributed by atoms with Crippen LogP contribution in [0.3, 0.4) is 0 Å². The summed E-state index contributed by atoms with van der Waals surface area (Å²) in [6.45, 7) is -1.63. The van der Waals surface area contributed by atoms with Crippen LogP contribution in [0, 0.1) is 5.82 Å². The predicted octanol–water partition coefficient (Wildman–Crippen LogP) is 3.47. The first-order valence-corrected chi connectivity index (χ1v) is 9.56. The molecule has 1 aliphatic heterocycles. The third-order valence-electron chi connectivity index (χ3n) is 4.63. The van der Waals surface area contributed by atoms with Crippen LogP contribution >= 0.6 is 0 Å². The number of carbonyl (C=O) groups excluding carboxylic acids is 2. The number of nitrogens with zero attached hydrogens (tertiary/aromatic N) is 1. The number of ether oxygens (including phenoxy) is 2. The summed E-state index contributed by atoms with van der Waals surface area (Å²) in [6.07, 6.45) is 1.50. The third kappa shape index (κ3) is 4.59. The van der Waals surface area contributed by atoms with E-state index in [2.05, 4.69) is 20.9 Å². The Morgan fingerprint density at radius 2 is 1.84 bits per heavy atom. The molecule has 1 aromatic heterocycles. The Bertz CT molecular complexity index is 1190. The van der Waals surface area contributed by atoms with Crippen molar-refractivity contribution >= 4 is 23.2 Å². The molecule has 0 saturated carbocycles. The number of hydrogen-bond acceptors (Lipinski definition) is 6. The molecule has 0 radical (unpaired) electrons. The molecule has 0 bridgehead atoms. The minimum Gasteiger partial charge on any atom is -0.425 e. The number of benzene rings is 2. The number of fused-ring (bicyclic) bond motifs is 1. The number of carbonyl (C=O) groups is 2. The summed E-state index contributed by atoms with van der Waals surface area (Å²) in [5.74, 6) is -1.12. The van der Waals surface area contributed by atoms with Gasteiger partial charge >= 0.3 is 6.54 Å². The Hall–Kier alpha value is -4.21. The van der Waals surface area contributed by atoms with Gasteiger partial charge in [-0.1, -0.05) is 0 Å². The van der Waals surface area contributed by atoms with Crippen molar-refractivity contribution < 1.29 is 27.8 Å². The molecule has 32 heavy (non-hydrogen) atoms. The quantitative estimate of drug-likeness (QED) is 0.543. The van der Waals surface area contributed by atoms with E-state index in [1.54, 1.807) is 12.1 Å². The molecular formula is C22H18F2N4O4. The van der Waals surface area contributed by atoms with Crippen molar-refractivity contribution in [3.05, 3.63) is 77.4 Å². The highest BCUT2D eigenvalue weighted by molar-refractivity contribution is 6.08. The number of nitrogens with one attached hydrogen (secondary N) is 3. The van der Waals surface area contributed by atoms with E-state index in [9.17, 15) is 18.4 Å². The van der Waals surface area contributed by atoms with Gasteiger partial charge in [-0.25, -0.2) is 4.39 Å². The molecule has 2 amide bonds. The van der Waals surface area contributed by atoms with Gasteiger partial charge in [0.05, 0.1) is 5.56 Å². The molecule has 0 aliphatic carbocycles. The molecule has 3 aromatic rings. The van der Waals surface area contributed by atoms with Gasteiger partial charge in [-0.15, -0.1) is 0 Å². The second-order valence-corrected chi connectivity index (χ2v) is 6.80. The van der Waals surface area contributed by atoms with E-state index in [-0.39, 0.29) is 35.2 Å². The van der Waals surface area contributed by atoms with Crippen LogP contribution in [-0.4, -0.2) is 30.4 Å². The van der Waals surface area contributed by atoms with Crippen LogP contribution in [0.25, 0.3) is 0 Å². The molecule has 4 rings (SSSR count). The lowest BCUT2D eigenvalue weighted by atomic mass is 10.1. The topological polar surface area (TPSA) is 102 Å². The zero-order valence-corrected chi connectivity index (χ0v) is 16.8. The Morgan fingerprint density at radius 1 is 1.03 bits per heavy atom. The first-order valence-electron chi connectivity index (χ1n) is 9.56. The van der Waals surface area contributed by atoms with Crippen molar-refractivity contribution in [1.29, 1.82) is 0 Å². The van der Waals surface area contributed by atoms with Gasteiger partial charge in [-0.2, -0.15) is 4.39 Å². The average Bonchev–Trinajstić information content (AvgIpc) is 3.17. The fraction of sp³-hybridized carbons (Fsp3) is 0.136. The standard InChI is InChI=1S/C22H18F2N4O4/c1-25-21(30)17-8-12(6-7-26-17)11-27-16-4-2-13(23)9-15(16)20(29)28-14-3-5-18-19(10-14)32-22(24)31-18/h2-10,22,27H,11H2,1H3,(H,25,30)(H,28,29). The van der Waals surface area contributed by atoms with Crippen LogP contribution in [0.4, 0.5) is 20.2 Å². The summed E-state index contributed by atoms with van der Waals surface area (Å²) in [5.41, 5.74) is 1.76. The number of rotatable bonds is 6. The molecular weight excluding hydrogens is 422 g/mol. The number of hydrogen-bond donors (Lipinski definition) is 3. The van der Waals surface area contributed by atoms with Crippen LogP contribution in [0.1, 0.15) is 26.4 Å². The van der Waals surface area contributed by atoms with Crippen LogP contribution in [0.5, 0.6) is 11.5 Å². The largest absolute Gasteiger partial charge is 0.425 e. The van der Waals surface area contributed by atoms with Crippen molar-refractivity contribution in [2.45, 2.75) is 13.1 Å². The minimum atomic E-state index is -1.90. The van der Waals surface area contributed by atoms with Crippen LogP contribution < -0.4 is 25.4 Å². The first-order chi connectivity index (χ1) is 15.4. The molecule has 0 fully saturated rings. The van der Waals surface area contributed by atoms with Crippen molar-refractivity contribution in [2.75, 3.05) is 17.7 Å². The Balaban J connectivity index is 1.50. The number of alkyl halides is 1. The lowest BCUT2D eigenvalue weighted by molar-refractivity contribution is -0.0652. The van der Waals surface area contributed by atoms with E-state index >= 15 is 0 Å². The highest BCUT2D eigenvalue weighted by Gasteiger charge is 2.24. The maximum absolute atomic E-state index is 13.9. The molecule has 2 heterocycles. The fourth-order valence-corrected chi connectivity index (χ4v) is 3.09. The molecule has 0 saturated heterocycles. The third-order valence-corrected chi connectivity index (χ3v) is 4.63. The molecule has 3 N–H and O–H groups in total. The van der Waals surface area contributed by atoms with Gasteiger partial charge in [0.1, 0.15) is 11.5 Å². The lowest BCUT2D eigenvalue weighted by Gasteiger charge is -2.13. The van der Waals surface area contributed by atoms with Gasteiger partial charge in [0.2, 0.25) is 0 Å². The summed E-state index contributed by atoms with van der Waals surface area (Å²) in [4.78, 5) is 28.6. The Morgan fingerprint density at radius 3 is 2.66 bits per heavy atom. The Labute approximate surface area is 181 Å². The number of pyridine rings is 1. The van der Waals surface area contributed by atoms with Gasteiger partial charge in [0.15, 0.2) is 11.5 Å². The average molecular weight is 440 g/mol. The van der Waals surface area contributed by atoms with Crippen molar-refractivity contribution in [2.24, 2.45) is 0 Å². The highest BCUT2D eigenvalue weighted by atomic mass is 19.2. The molecule has 8 nitrogen and oxygen atoms in total. The van der Waals surface area contributed by atoms with Crippen molar-refractivity contribution in [3.63, 3.8) is 0 Å². The number of amides is 2. The normalized spacial score (nSPS) is 14.0.